The molecule has 0 amide bonds. The largest absolute Gasteiger partial charge is 0.461 e. The van der Waals surface area contributed by atoms with E-state index >= 15 is 0 Å². The van der Waals surface area contributed by atoms with Gasteiger partial charge in [-0.2, -0.15) is 0 Å². The van der Waals surface area contributed by atoms with E-state index in [2.05, 4.69) is 41.2 Å². The highest BCUT2D eigenvalue weighted by molar-refractivity contribution is 6.47. The molecule has 1 saturated heterocycles. The molecule has 18 heavy (non-hydrogen) atoms. The van der Waals surface area contributed by atoms with E-state index in [0.717, 1.165) is 12.8 Å². The van der Waals surface area contributed by atoms with Gasteiger partial charge in [0, 0.05) is 1.37 Å². The van der Waals surface area contributed by atoms with Gasteiger partial charge in [-0.05, 0) is 39.9 Å². The molecule has 2 unspecified atom stereocenters. The SMILES string of the molecule is [2H]C(C=C)C(CCCCC)B1OC(C)(C)C(C)(C)O1. The molecule has 2 nitrogen and oxygen atoms in total. The van der Waals surface area contributed by atoms with Crippen LogP contribution in [0.1, 0.15) is 68.1 Å². The van der Waals surface area contributed by atoms with Crippen molar-refractivity contribution in [1.29, 1.82) is 0 Å². The fraction of sp³-hybridized carbons (Fsp3) is 0.867. The third kappa shape index (κ3) is 3.61. The minimum atomic E-state index is -0.327. The van der Waals surface area contributed by atoms with Crippen LogP contribution in [0.2, 0.25) is 5.82 Å². The Morgan fingerprint density at radius 3 is 2.22 bits per heavy atom. The van der Waals surface area contributed by atoms with E-state index in [1.54, 1.807) is 6.08 Å². The molecule has 1 aliphatic heterocycles. The maximum atomic E-state index is 8.16. The van der Waals surface area contributed by atoms with Crippen molar-refractivity contribution in [2.45, 2.75) is 83.7 Å². The summed E-state index contributed by atoms with van der Waals surface area (Å²) in [6.45, 7) is 14.2. The molecule has 1 fully saturated rings. The van der Waals surface area contributed by atoms with E-state index in [9.17, 15) is 0 Å². The van der Waals surface area contributed by atoms with Crippen molar-refractivity contribution in [3.8, 4) is 0 Å². The topological polar surface area (TPSA) is 18.5 Å². The Bertz CT molecular complexity index is 289. The van der Waals surface area contributed by atoms with Crippen molar-refractivity contribution in [1.82, 2.24) is 0 Å². The van der Waals surface area contributed by atoms with Crippen LogP contribution in [0.15, 0.2) is 12.7 Å². The standard InChI is InChI=1S/C15H29BO2/c1-7-9-10-12-13(11-8-2)16-17-14(3,4)15(5,6)18-16/h8,13H,2,7,9-12H2,1,3-6H3/i11D. The monoisotopic (exact) mass is 253 g/mol. The second-order valence-corrected chi connectivity index (χ2v) is 6.21. The van der Waals surface area contributed by atoms with E-state index < -0.39 is 0 Å². The lowest BCUT2D eigenvalue weighted by molar-refractivity contribution is 0.00578. The summed E-state index contributed by atoms with van der Waals surface area (Å²) in [4.78, 5) is 0. The first-order valence-corrected chi connectivity index (χ1v) is 7.15. The second kappa shape index (κ2) is 6.25. The highest BCUT2D eigenvalue weighted by Gasteiger charge is 2.53. The number of hydrogen-bond acceptors (Lipinski definition) is 2. The molecule has 1 aliphatic rings. The number of hydrogen-bond donors (Lipinski definition) is 0. The summed E-state index contributed by atoms with van der Waals surface area (Å²) < 4.78 is 20.3. The van der Waals surface area contributed by atoms with Gasteiger partial charge in [0.15, 0.2) is 0 Å². The van der Waals surface area contributed by atoms with Gasteiger partial charge in [-0.1, -0.05) is 38.7 Å². The molecule has 0 spiro atoms. The van der Waals surface area contributed by atoms with Crippen LogP contribution >= 0.6 is 0 Å². The molecule has 0 radical (unpaired) electrons. The zero-order chi connectivity index (χ0) is 14.7. The van der Waals surface area contributed by atoms with Crippen molar-refractivity contribution >= 4 is 7.12 Å². The van der Waals surface area contributed by atoms with Crippen LogP contribution in [-0.4, -0.2) is 18.3 Å². The molecule has 0 bridgehead atoms. The third-order valence-electron chi connectivity index (χ3n) is 4.15. The molecule has 1 heterocycles. The average Bonchev–Trinajstić information content (AvgIpc) is 2.53. The van der Waals surface area contributed by atoms with E-state index in [-0.39, 0.29) is 30.5 Å². The first-order valence-electron chi connectivity index (χ1n) is 7.73. The quantitative estimate of drug-likeness (QED) is 0.375. The molecule has 0 saturated carbocycles. The molecular formula is C15H29BO2. The Labute approximate surface area is 115 Å². The number of allylic oxidation sites excluding steroid dienone is 1. The van der Waals surface area contributed by atoms with Gasteiger partial charge < -0.3 is 9.31 Å². The van der Waals surface area contributed by atoms with Crippen molar-refractivity contribution in [2.24, 2.45) is 0 Å². The minimum absolute atomic E-state index is 0.0742. The van der Waals surface area contributed by atoms with E-state index in [1.165, 1.54) is 12.8 Å². The van der Waals surface area contributed by atoms with Gasteiger partial charge in [0.05, 0.1) is 11.2 Å². The summed E-state index contributed by atoms with van der Waals surface area (Å²) in [7, 11) is -0.289. The van der Waals surface area contributed by atoms with E-state index in [4.69, 9.17) is 10.7 Å². The Hall–Kier alpha value is -0.275. The summed E-state index contributed by atoms with van der Waals surface area (Å²) in [6, 6.07) is 0. The number of unbranched alkanes of at least 4 members (excludes halogenated alkanes) is 2. The van der Waals surface area contributed by atoms with Gasteiger partial charge in [0.1, 0.15) is 0 Å². The normalized spacial score (nSPS) is 25.6. The lowest BCUT2D eigenvalue weighted by Crippen LogP contribution is -2.41. The van der Waals surface area contributed by atoms with Crippen molar-refractivity contribution in [3.05, 3.63) is 12.7 Å². The van der Waals surface area contributed by atoms with Crippen LogP contribution < -0.4 is 0 Å². The molecule has 0 aromatic rings. The van der Waals surface area contributed by atoms with Gasteiger partial charge in [0.25, 0.3) is 0 Å². The van der Waals surface area contributed by atoms with Crippen molar-refractivity contribution in [2.75, 3.05) is 0 Å². The summed E-state index contributed by atoms with van der Waals surface area (Å²) >= 11 is 0. The number of rotatable bonds is 7. The van der Waals surface area contributed by atoms with Crippen molar-refractivity contribution < 1.29 is 10.7 Å². The molecule has 0 aromatic carbocycles. The minimum Gasteiger partial charge on any atom is -0.403 e. The van der Waals surface area contributed by atoms with Crippen molar-refractivity contribution in [3.63, 3.8) is 0 Å². The molecular weight excluding hydrogens is 223 g/mol. The first kappa shape index (κ1) is 14.1. The van der Waals surface area contributed by atoms with E-state index in [0.29, 0.717) is 0 Å². The van der Waals surface area contributed by atoms with E-state index in [1.807, 2.05) is 0 Å². The van der Waals surface area contributed by atoms with Gasteiger partial charge in [-0.3, -0.25) is 0 Å². The fourth-order valence-electron chi connectivity index (χ4n) is 2.19. The predicted octanol–water partition coefficient (Wildman–Crippen LogP) is 4.61. The summed E-state index contributed by atoms with van der Waals surface area (Å²) in [6.07, 6.45) is 5.83. The Morgan fingerprint density at radius 2 is 1.78 bits per heavy atom. The van der Waals surface area contributed by atoms with Crippen LogP contribution in [0.25, 0.3) is 0 Å². The molecule has 0 aliphatic carbocycles. The van der Waals surface area contributed by atoms with Gasteiger partial charge >= 0.3 is 7.12 Å². The van der Waals surface area contributed by atoms with Crippen LogP contribution in [0.5, 0.6) is 0 Å². The molecule has 0 aromatic heterocycles. The summed E-state index contributed by atoms with van der Waals surface area (Å²) in [5.41, 5.74) is -0.636. The molecule has 2 atom stereocenters. The maximum Gasteiger partial charge on any atom is 0.461 e. The summed E-state index contributed by atoms with van der Waals surface area (Å²) in [5, 5.41) is 0. The second-order valence-electron chi connectivity index (χ2n) is 6.21. The highest BCUT2D eigenvalue weighted by Crippen LogP contribution is 2.42. The fourth-order valence-corrected chi connectivity index (χ4v) is 2.19. The molecule has 3 heteroatoms. The van der Waals surface area contributed by atoms with Crippen LogP contribution in [0, 0.1) is 0 Å². The Morgan fingerprint density at radius 1 is 1.22 bits per heavy atom. The zero-order valence-corrected chi connectivity index (χ0v) is 12.7. The average molecular weight is 253 g/mol. The van der Waals surface area contributed by atoms with Gasteiger partial charge in [0.2, 0.25) is 0 Å². The van der Waals surface area contributed by atoms with Crippen LogP contribution in [-0.2, 0) is 9.31 Å². The highest BCUT2D eigenvalue weighted by atomic mass is 16.7. The maximum absolute atomic E-state index is 8.16. The lowest BCUT2D eigenvalue weighted by atomic mass is 9.67. The first-order chi connectivity index (χ1) is 8.75. The predicted molar refractivity (Wildman–Crippen MR) is 78.8 cm³/mol. The summed E-state index contributed by atoms with van der Waals surface area (Å²) in [5.74, 6) is 0.0742. The van der Waals surface area contributed by atoms with Gasteiger partial charge in [-0.15, -0.1) is 6.58 Å². The zero-order valence-electron chi connectivity index (χ0n) is 13.7. The molecule has 0 N–H and O–H groups in total. The molecule has 1 rings (SSSR count). The third-order valence-corrected chi connectivity index (χ3v) is 4.15. The van der Waals surface area contributed by atoms with Crippen LogP contribution in [0.3, 0.4) is 0 Å². The Balaban J connectivity index is 2.74. The van der Waals surface area contributed by atoms with Gasteiger partial charge in [-0.25, -0.2) is 0 Å². The molecule has 104 valence electrons. The lowest BCUT2D eigenvalue weighted by Gasteiger charge is -2.32. The Kier molecular flexibility index (Phi) is 4.91. The van der Waals surface area contributed by atoms with Crippen LogP contribution in [0.4, 0.5) is 0 Å². The smallest absolute Gasteiger partial charge is 0.403 e.